The van der Waals surface area contributed by atoms with Gasteiger partial charge in [0.05, 0.1) is 5.92 Å². The highest BCUT2D eigenvalue weighted by Crippen LogP contribution is 2.20. The Bertz CT molecular complexity index is 1010. The lowest BCUT2D eigenvalue weighted by Gasteiger charge is -2.32. The molecule has 1 aliphatic rings. The second-order valence-electron chi connectivity index (χ2n) is 8.34. The number of amides is 1. The van der Waals surface area contributed by atoms with Crippen molar-refractivity contribution in [3.63, 3.8) is 0 Å². The number of rotatable bonds is 7. The molecule has 1 saturated heterocycles. The molecule has 1 unspecified atom stereocenters. The van der Waals surface area contributed by atoms with E-state index in [4.69, 9.17) is 0 Å². The van der Waals surface area contributed by atoms with E-state index >= 15 is 0 Å². The van der Waals surface area contributed by atoms with Crippen molar-refractivity contribution in [3.05, 3.63) is 87.9 Å². The number of benzene rings is 2. The molecule has 2 heterocycles. The maximum Gasteiger partial charge on any atom is 0.224 e. The summed E-state index contributed by atoms with van der Waals surface area (Å²) in [5.74, 6) is 1.22. The summed E-state index contributed by atoms with van der Waals surface area (Å²) >= 11 is 3.49. The standard InChI is InChI=1S/C25H29BrN4O/c1-19-27-11-13-30(19)17-22-5-2-4-21(14-22)15-28-25(31)23-6-3-12-29(18-23)16-20-7-9-24(26)10-8-20/h2,4-5,7-11,13-14,23H,3,6,12,15-18H2,1H3,(H,28,31). The maximum atomic E-state index is 12.8. The average molecular weight is 481 g/mol. The second kappa shape index (κ2) is 10.2. The van der Waals surface area contributed by atoms with Gasteiger partial charge in [-0.3, -0.25) is 9.69 Å². The van der Waals surface area contributed by atoms with Gasteiger partial charge in [-0.2, -0.15) is 0 Å². The number of aromatic nitrogens is 2. The number of hydrogen-bond acceptors (Lipinski definition) is 3. The number of nitrogens with one attached hydrogen (secondary N) is 1. The monoisotopic (exact) mass is 480 g/mol. The molecule has 6 heteroatoms. The Labute approximate surface area is 192 Å². The maximum absolute atomic E-state index is 12.8. The molecule has 162 valence electrons. The Morgan fingerprint density at radius 1 is 1.13 bits per heavy atom. The van der Waals surface area contributed by atoms with E-state index in [1.165, 1.54) is 11.1 Å². The summed E-state index contributed by atoms with van der Waals surface area (Å²) in [6, 6.07) is 16.9. The molecule has 1 aromatic heterocycles. The Hall–Kier alpha value is -2.44. The number of piperidine rings is 1. The zero-order chi connectivity index (χ0) is 21.6. The fourth-order valence-electron chi connectivity index (χ4n) is 4.20. The number of halogens is 1. The van der Waals surface area contributed by atoms with Crippen LogP contribution in [0.25, 0.3) is 0 Å². The van der Waals surface area contributed by atoms with E-state index in [1.54, 1.807) is 0 Å². The Kier molecular flexibility index (Phi) is 7.20. The molecule has 1 N–H and O–H groups in total. The number of carbonyl (C=O) groups excluding carboxylic acids is 1. The lowest BCUT2D eigenvalue weighted by molar-refractivity contribution is -0.126. The van der Waals surface area contributed by atoms with Crippen molar-refractivity contribution < 1.29 is 4.79 Å². The molecule has 0 saturated carbocycles. The van der Waals surface area contributed by atoms with Crippen LogP contribution in [0.1, 0.15) is 35.4 Å². The molecule has 5 nitrogen and oxygen atoms in total. The van der Waals surface area contributed by atoms with Crippen LogP contribution in [0.15, 0.2) is 65.4 Å². The molecule has 31 heavy (non-hydrogen) atoms. The topological polar surface area (TPSA) is 50.2 Å². The van der Waals surface area contributed by atoms with E-state index in [9.17, 15) is 4.79 Å². The van der Waals surface area contributed by atoms with Crippen LogP contribution in [0.2, 0.25) is 0 Å². The zero-order valence-corrected chi connectivity index (χ0v) is 19.5. The molecule has 1 fully saturated rings. The highest BCUT2D eigenvalue weighted by molar-refractivity contribution is 9.10. The molecule has 4 rings (SSSR count). The average Bonchev–Trinajstić information content (AvgIpc) is 3.18. The molecule has 2 aromatic carbocycles. The zero-order valence-electron chi connectivity index (χ0n) is 17.9. The summed E-state index contributed by atoms with van der Waals surface area (Å²) in [4.78, 5) is 19.5. The minimum atomic E-state index is 0.0565. The van der Waals surface area contributed by atoms with Gasteiger partial charge in [0.25, 0.3) is 0 Å². The van der Waals surface area contributed by atoms with Crippen LogP contribution in [0.4, 0.5) is 0 Å². The van der Waals surface area contributed by atoms with Gasteiger partial charge in [-0.25, -0.2) is 4.98 Å². The third kappa shape index (κ3) is 6.05. The highest BCUT2D eigenvalue weighted by Gasteiger charge is 2.25. The second-order valence-corrected chi connectivity index (χ2v) is 9.26. The van der Waals surface area contributed by atoms with Crippen molar-refractivity contribution >= 4 is 21.8 Å². The first kappa shape index (κ1) is 21.8. The Morgan fingerprint density at radius 2 is 1.94 bits per heavy atom. The van der Waals surface area contributed by atoms with Gasteiger partial charge in [0.15, 0.2) is 0 Å². The molecular formula is C25H29BrN4O. The minimum Gasteiger partial charge on any atom is -0.352 e. The lowest BCUT2D eigenvalue weighted by Crippen LogP contribution is -2.42. The van der Waals surface area contributed by atoms with Crippen molar-refractivity contribution in [1.29, 1.82) is 0 Å². The largest absolute Gasteiger partial charge is 0.352 e. The van der Waals surface area contributed by atoms with Gasteiger partial charge in [-0.05, 0) is 55.1 Å². The van der Waals surface area contributed by atoms with E-state index in [0.717, 1.165) is 54.9 Å². The van der Waals surface area contributed by atoms with E-state index < -0.39 is 0 Å². The normalized spacial score (nSPS) is 16.9. The molecule has 1 amide bonds. The van der Waals surface area contributed by atoms with Gasteiger partial charge in [-0.15, -0.1) is 0 Å². The van der Waals surface area contributed by atoms with E-state index in [0.29, 0.717) is 6.54 Å². The number of imidazole rings is 1. The summed E-state index contributed by atoms with van der Waals surface area (Å²) in [5, 5.41) is 3.17. The van der Waals surface area contributed by atoms with Gasteiger partial charge in [-0.1, -0.05) is 52.3 Å². The number of likely N-dealkylation sites (tertiary alicyclic amines) is 1. The molecule has 0 radical (unpaired) electrons. The summed E-state index contributed by atoms with van der Waals surface area (Å²) in [6.07, 6.45) is 5.84. The summed E-state index contributed by atoms with van der Waals surface area (Å²) in [7, 11) is 0. The molecule has 0 spiro atoms. The lowest BCUT2D eigenvalue weighted by atomic mass is 9.96. The van der Waals surface area contributed by atoms with Crippen LogP contribution in [0, 0.1) is 12.8 Å². The summed E-state index contributed by atoms with van der Waals surface area (Å²) < 4.78 is 3.22. The van der Waals surface area contributed by atoms with Gasteiger partial charge in [0.1, 0.15) is 5.82 Å². The quantitative estimate of drug-likeness (QED) is 0.540. The van der Waals surface area contributed by atoms with E-state index in [-0.39, 0.29) is 11.8 Å². The summed E-state index contributed by atoms with van der Waals surface area (Å²) in [6.45, 7) is 6.14. The van der Waals surface area contributed by atoms with Crippen molar-refractivity contribution in [1.82, 2.24) is 19.8 Å². The van der Waals surface area contributed by atoms with Crippen LogP contribution in [0.3, 0.4) is 0 Å². The fourth-order valence-corrected chi connectivity index (χ4v) is 4.46. The number of aryl methyl sites for hydroxylation is 1. The smallest absolute Gasteiger partial charge is 0.224 e. The molecule has 1 atom stereocenters. The van der Waals surface area contributed by atoms with Gasteiger partial charge >= 0.3 is 0 Å². The van der Waals surface area contributed by atoms with Crippen molar-refractivity contribution in [2.24, 2.45) is 5.92 Å². The predicted octanol–water partition coefficient (Wildman–Crippen LogP) is 4.53. The van der Waals surface area contributed by atoms with Crippen molar-refractivity contribution in [2.75, 3.05) is 13.1 Å². The number of nitrogens with zero attached hydrogens (tertiary/aromatic N) is 3. The van der Waals surface area contributed by atoms with Gasteiger partial charge in [0, 0.05) is 43.0 Å². The highest BCUT2D eigenvalue weighted by atomic mass is 79.9. The third-order valence-electron chi connectivity index (χ3n) is 5.93. The number of carbonyl (C=O) groups is 1. The first-order valence-electron chi connectivity index (χ1n) is 10.9. The SMILES string of the molecule is Cc1nccn1Cc1cccc(CNC(=O)C2CCCN(Cc3ccc(Br)cc3)C2)c1. The third-order valence-corrected chi connectivity index (χ3v) is 6.46. The van der Waals surface area contributed by atoms with Crippen LogP contribution in [0.5, 0.6) is 0 Å². The molecule has 3 aromatic rings. The fraction of sp³-hybridized carbons (Fsp3) is 0.360. The summed E-state index contributed by atoms with van der Waals surface area (Å²) in [5.41, 5.74) is 3.63. The van der Waals surface area contributed by atoms with Crippen LogP contribution in [-0.2, 0) is 24.4 Å². The first-order valence-corrected chi connectivity index (χ1v) is 11.7. The molecule has 0 bridgehead atoms. The van der Waals surface area contributed by atoms with Gasteiger partial charge < -0.3 is 9.88 Å². The van der Waals surface area contributed by atoms with Crippen molar-refractivity contribution in [3.8, 4) is 0 Å². The van der Waals surface area contributed by atoms with Crippen LogP contribution >= 0.6 is 15.9 Å². The van der Waals surface area contributed by atoms with Crippen molar-refractivity contribution in [2.45, 2.75) is 39.4 Å². The molecule has 0 aliphatic carbocycles. The first-order chi connectivity index (χ1) is 15.1. The van der Waals surface area contributed by atoms with E-state index in [2.05, 4.69) is 84.2 Å². The molecular weight excluding hydrogens is 452 g/mol. The van der Waals surface area contributed by atoms with Crippen LogP contribution < -0.4 is 5.32 Å². The Balaban J connectivity index is 1.29. The minimum absolute atomic E-state index is 0.0565. The number of hydrogen-bond donors (Lipinski definition) is 1. The van der Waals surface area contributed by atoms with Gasteiger partial charge in [0.2, 0.25) is 5.91 Å². The van der Waals surface area contributed by atoms with E-state index in [1.807, 2.05) is 19.3 Å². The molecule has 1 aliphatic heterocycles. The predicted molar refractivity (Wildman–Crippen MR) is 126 cm³/mol. The van der Waals surface area contributed by atoms with Crippen LogP contribution in [-0.4, -0.2) is 33.4 Å². The Morgan fingerprint density at radius 3 is 2.71 bits per heavy atom.